The molecule has 1 N–H and O–H groups in total. The maximum atomic E-state index is 13.5. The van der Waals surface area contributed by atoms with Crippen molar-refractivity contribution in [1.29, 1.82) is 0 Å². The van der Waals surface area contributed by atoms with Crippen LogP contribution in [0.5, 0.6) is 0 Å². The minimum absolute atomic E-state index is 0.0678. The molecule has 0 bridgehead atoms. The zero-order valence-electron chi connectivity index (χ0n) is 17.4. The van der Waals surface area contributed by atoms with Crippen LogP contribution in [0.1, 0.15) is 53.5 Å². The van der Waals surface area contributed by atoms with Crippen LogP contribution in [0.3, 0.4) is 0 Å². The summed E-state index contributed by atoms with van der Waals surface area (Å²) in [5.74, 6) is 0. The van der Waals surface area contributed by atoms with E-state index in [-0.39, 0.29) is 11.6 Å². The largest absolute Gasteiger partial charge is 0.322 e. The van der Waals surface area contributed by atoms with Gasteiger partial charge < -0.3 is 15.1 Å². The summed E-state index contributed by atoms with van der Waals surface area (Å²) < 4.78 is 0. The monoisotopic (exact) mass is 409 g/mol. The summed E-state index contributed by atoms with van der Waals surface area (Å²) in [4.78, 5) is 21.3. The second kappa shape index (κ2) is 7.77. The number of hydrogen-bond acceptors (Lipinski definition) is 3. The topological polar surface area (TPSA) is 35.6 Å². The molecule has 0 atom stereocenters. The number of nitrogens with one attached hydrogen (secondary N) is 1. The summed E-state index contributed by atoms with van der Waals surface area (Å²) in [5.41, 5.74) is 4.02. The SMILES string of the molecule is CCN1CCC2(CC1)c1sc3c(c1CCN2C(=O)Nc1ccccc1)CCCC3. The second-order valence-electron chi connectivity index (χ2n) is 8.68. The first kappa shape index (κ1) is 19.1. The number of likely N-dealkylation sites (tertiary alicyclic amines) is 1. The molecule has 29 heavy (non-hydrogen) atoms. The van der Waals surface area contributed by atoms with Crippen LogP contribution in [0.4, 0.5) is 10.5 Å². The highest BCUT2D eigenvalue weighted by Crippen LogP contribution is 2.50. The van der Waals surface area contributed by atoms with Gasteiger partial charge >= 0.3 is 6.03 Å². The highest BCUT2D eigenvalue weighted by atomic mass is 32.1. The Hall–Kier alpha value is -1.85. The number of fused-ring (bicyclic) bond motifs is 4. The van der Waals surface area contributed by atoms with E-state index < -0.39 is 0 Å². The van der Waals surface area contributed by atoms with Gasteiger partial charge in [0, 0.05) is 35.1 Å². The Kier molecular flexibility index (Phi) is 5.12. The van der Waals surface area contributed by atoms with Gasteiger partial charge in [-0.1, -0.05) is 25.1 Å². The van der Waals surface area contributed by atoms with E-state index in [1.165, 1.54) is 30.6 Å². The summed E-state index contributed by atoms with van der Waals surface area (Å²) in [7, 11) is 0. The maximum absolute atomic E-state index is 13.5. The highest BCUT2D eigenvalue weighted by Gasteiger charge is 2.49. The van der Waals surface area contributed by atoms with Crippen molar-refractivity contribution in [1.82, 2.24) is 9.80 Å². The molecule has 5 rings (SSSR count). The van der Waals surface area contributed by atoms with E-state index in [0.717, 1.165) is 51.1 Å². The van der Waals surface area contributed by atoms with E-state index in [9.17, 15) is 4.79 Å². The van der Waals surface area contributed by atoms with Gasteiger partial charge in [-0.15, -0.1) is 11.3 Å². The lowest BCUT2D eigenvalue weighted by atomic mass is 9.77. The molecule has 1 spiro atoms. The fourth-order valence-corrected chi connectivity index (χ4v) is 7.27. The normalized spacial score (nSPS) is 20.9. The molecule has 1 aromatic heterocycles. The number of hydrogen-bond donors (Lipinski definition) is 1. The summed E-state index contributed by atoms with van der Waals surface area (Å²) in [6.07, 6.45) is 8.24. The second-order valence-corrected chi connectivity index (χ2v) is 9.79. The van der Waals surface area contributed by atoms with Crippen molar-refractivity contribution in [2.75, 3.05) is 31.5 Å². The van der Waals surface area contributed by atoms with Crippen molar-refractivity contribution in [2.24, 2.45) is 0 Å². The Bertz CT molecular complexity index is 883. The molecule has 5 heteroatoms. The van der Waals surface area contributed by atoms with Crippen LogP contribution < -0.4 is 5.32 Å². The van der Waals surface area contributed by atoms with Gasteiger partial charge in [-0.2, -0.15) is 0 Å². The lowest BCUT2D eigenvalue weighted by Crippen LogP contribution is -2.58. The number of para-hydroxylation sites is 1. The molecule has 0 radical (unpaired) electrons. The number of thiophene rings is 1. The molecular weight excluding hydrogens is 378 g/mol. The lowest BCUT2D eigenvalue weighted by molar-refractivity contribution is 0.0448. The van der Waals surface area contributed by atoms with Crippen LogP contribution >= 0.6 is 11.3 Å². The molecule has 2 amide bonds. The molecule has 2 aliphatic heterocycles. The Labute approximate surface area is 177 Å². The average molecular weight is 410 g/mol. The van der Waals surface area contributed by atoms with Crippen molar-refractivity contribution in [3.05, 3.63) is 51.2 Å². The first-order chi connectivity index (χ1) is 14.2. The number of urea groups is 1. The van der Waals surface area contributed by atoms with Gasteiger partial charge in [-0.05, 0) is 74.8 Å². The zero-order valence-corrected chi connectivity index (χ0v) is 18.2. The van der Waals surface area contributed by atoms with Gasteiger partial charge in [0.05, 0.1) is 5.54 Å². The summed E-state index contributed by atoms with van der Waals surface area (Å²) >= 11 is 2.04. The molecule has 1 aromatic carbocycles. The third-order valence-corrected chi connectivity index (χ3v) is 8.73. The van der Waals surface area contributed by atoms with E-state index in [2.05, 4.69) is 22.0 Å². The van der Waals surface area contributed by atoms with E-state index in [0.29, 0.717) is 0 Å². The Morgan fingerprint density at radius 2 is 1.79 bits per heavy atom. The number of carbonyl (C=O) groups is 1. The van der Waals surface area contributed by atoms with Crippen molar-refractivity contribution in [2.45, 2.75) is 57.4 Å². The molecule has 0 unspecified atom stereocenters. The number of aryl methyl sites for hydroxylation is 1. The molecule has 0 saturated carbocycles. The van der Waals surface area contributed by atoms with Gasteiger partial charge in [-0.3, -0.25) is 0 Å². The third-order valence-electron chi connectivity index (χ3n) is 7.21. The smallest absolute Gasteiger partial charge is 0.314 e. The van der Waals surface area contributed by atoms with Crippen molar-refractivity contribution >= 4 is 23.1 Å². The number of benzene rings is 1. The first-order valence-electron chi connectivity index (χ1n) is 11.2. The molecule has 2 aromatic rings. The minimum atomic E-state index is -0.125. The van der Waals surface area contributed by atoms with E-state index in [1.807, 2.05) is 41.7 Å². The first-order valence-corrected chi connectivity index (χ1v) is 12.0. The van der Waals surface area contributed by atoms with Gasteiger partial charge in [0.25, 0.3) is 0 Å². The number of piperidine rings is 1. The molecule has 1 fully saturated rings. The van der Waals surface area contributed by atoms with Crippen LogP contribution in [-0.4, -0.2) is 42.0 Å². The van der Waals surface area contributed by atoms with Gasteiger partial charge in [0.15, 0.2) is 0 Å². The summed E-state index contributed by atoms with van der Waals surface area (Å²) in [6.45, 7) is 6.33. The molecule has 3 aliphatic rings. The van der Waals surface area contributed by atoms with Gasteiger partial charge in [0.2, 0.25) is 0 Å². The van der Waals surface area contributed by atoms with Crippen molar-refractivity contribution < 1.29 is 4.79 Å². The zero-order chi connectivity index (χ0) is 19.8. The Balaban J connectivity index is 1.51. The van der Waals surface area contributed by atoms with Gasteiger partial charge in [-0.25, -0.2) is 4.79 Å². The fraction of sp³-hybridized carbons (Fsp3) is 0.542. The highest BCUT2D eigenvalue weighted by molar-refractivity contribution is 7.12. The van der Waals surface area contributed by atoms with Crippen LogP contribution in [0.2, 0.25) is 0 Å². The number of carbonyl (C=O) groups excluding carboxylic acids is 1. The van der Waals surface area contributed by atoms with Gasteiger partial charge in [0.1, 0.15) is 0 Å². The molecule has 3 heterocycles. The predicted molar refractivity (Wildman–Crippen MR) is 120 cm³/mol. The molecule has 154 valence electrons. The number of amides is 2. The molecule has 1 aliphatic carbocycles. The van der Waals surface area contributed by atoms with E-state index in [4.69, 9.17) is 0 Å². The number of rotatable bonds is 2. The van der Waals surface area contributed by atoms with Crippen molar-refractivity contribution in [3.63, 3.8) is 0 Å². The van der Waals surface area contributed by atoms with Crippen LogP contribution in [0, 0.1) is 0 Å². The van der Waals surface area contributed by atoms with E-state index >= 15 is 0 Å². The maximum Gasteiger partial charge on any atom is 0.322 e. The molecule has 1 saturated heterocycles. The summed E-state index contributed by atoms with van der Waals surface area (Å²) in [5, 5.41) is 3.18. The fourth-order valence-electron chi connectivity index (χ4n) is 5.58. The average Bonchev–Trinajstić information content (AvgIpc) is 3.15. The Morgan fingerprint density at radius 3 is 2.55 bits per heavy atom. The predicted octanol–water partition coefficient (Wildman–Crippen LogP) is 5.03. The number of anilines is 1. The molecule has 4 nitrogen and oxygen atoms in total. The standard InChI is InChI=1S/C24H31N3OS/c1-2-26-16-13-24(14-17-26)22-20(19-10-6-7-11-21(19)29-22)12-15-27(24)23(28)25-18-8-4-3-5-9-18/h3-5,8-9H,2,6-7,10-17H2,1H3,(H,25,28). The van der Waals surface area contributed by atoms with Crippen LogP contribution in [0.15, 0.2) is 30.3 Å². The minimum Gasteiger partial charge on any atom is -0.314 e. The molecular formula is C24H31N3OS. The Morgan fingerprint density at radius 1 is 1.03 bits per heavy atom. The third kappa shape index (κ3) is 3.28. The van der Waals surface area contributed by atoms with E-state index in [1.54, 1.807) is 16.0 Å². The van der Waals surface area contributed by atoms with Crippen LogP contribution in [0.25, 0.3) is 0 Å². The van der Waals surface area contributed by atoms with Crippen LogP contribution in [-0.2, 0) is 24.8 Å². The number of nitrogens with zero attached hydrogens (tertiary/aromatic N) is 2. The van der Waals surface area contributed by atoms with Crippen molar-refractivity contribution in [3.8, 4) is 0 Å². The lowest BCUT2D eigenvalue weighted by Gasteiger charge is -2.51. The summed E-state index contributed by atoms with van der Waals surface area (Å²) in [6, 6.07) is 9.96. The quantitative estimate of drug-likeness (QED) is 0.755.